The van der Waals surface area contributed by atoms with Crippen LogP contribution < -0.4 is 4.74 Å². The lowest BCUT2D eigenvalue weighted by molar-refractivity contribution is 0.389. The van der Waals surface area contributed by atoms with Gasteiger partial charge in [0.25, 0.3) is 0 Å². The summed E-state index contributed by atoms with van der Waals surface area (Å²) >= 11 is 3.52. The number of aromatic nitrogens is 2. The number of hydrogen-bond acceptors (Lipinski definition) is 3. The van der Waals surface area contributed by atoms with Crippen molar-refractivity contribution in [3.05, 3.63) is 16.0 Å². The second-order valence-corrected chi connectivity index (χ2v) is 5.52. The van der Waals surface area contributed by atoms with Crippen molar-refractivity contribution in [1.29, 1.82) is 0 Å². The highest BCUT2D eigenvalue weighted by Crippen LogP contribution is 2.40. The number of halogens is 1. The number of rotatable bonds is 4. The summed E-state index contributed by atoms with van der Waals surface area (Å²) in [6.07, 6.45) is 3.39. The first-order valence-electron chi connectivity index (χ1n) is 5.72. The van der Waals surface area contributed by atoms with Crippen LogP contribution in [0.25, 0.3) is 0 Å². The van der Waals surface area contributed by atoms with Crippen LogP contribution in [0.15, 0.2) is 4.47 Å². The van der Waals surface area contributed by atoms with Crippen LogP contribution in [0, 0.1) is 5.92 Å². The molecule has 0 unspecified atom stereocenters. The SMILES string of the molecule is COc1nc(C2CC2)nc(CC(C)C)c1Br. The Labute approximate surface area is 105 Å². The Morgan fingerprint density at radius 1 is 1.38 bits per heavy atom. The first-order valence-corrected chi connectivity index (χ1v) is 6.51. The summed E-state index contributed by atoms with van der Waals surface area (Å²) in [5.41, 5.74) is 1.07. The quantitative estimate of drug-likeness (QED) is 0.851. The molecule has 0 bridgehead atoms. The van der Waals surface area contributed by atoms with Crippen molar-refractivity contribution in [3.8, 4) is 5.88 Å². The maximum atomic E-state index is 5.29. The number of ether oxygens (including phenoxy) is 1. The summed E-state index contributed by atoms with van der Waals surface area (Å²) in [5.74, 6) is 2.78. The fourth-order valence-corrected chi connectivity index (χ4v) is 2.17. The van der Waals surface area contributed by atoms with E-state index in [1.54, 1.807) is 7.11 Å². The van der Waals surface area contributed by atoms with Crippen LogP contribution in [-0.2, 0) is 6.42 Å². The first kappa shape index (κ1) is 11.8. The van der Waals surface area contributed by atoms with Crippen LogP contribution >= 0.6 is 15.9 Å². The van der Waals surface area contributed by atoms with E-state index in [1.807, 2.05) is 0 Å². The van der Waals surface area contributed by atoms with E-state index in [-0.39, 0.29) is 0 Å². The molecule has 0 spiro atoms. The van der Waals surface area contributed by atoms with Gasteiger partial charge < -0.3 is 4.74 Å². The number of hydrogen-bond donors (Lipinski definition) is 0. The molecule has 1 heterocycles. The largest absolute Gasteiger partial charge is 0.480 e. The van der Waals surface area contributed by atoms with Crippen LogP contribution in [0.1, 0.15) is 44.1 Å². The summed E-state index contributed by atoms with van der Waals surface area (Å²) in [4.78, 5) is 9.09. The fourth-order valence-electron chi connectivity index (χ4n) is 1.67. The fraction of sp³-hybridized carbons (Fsp3) is 0.667. The molecule has 88 valence electrons. The molecule has 0 atom stereocenters. The van der Waals surface area contributed by atoms with Crippen molar-refractivity contribution in [1.82, 2.24) is 9.97 Å². The van der Waals surface area contributed by atoms with Gasteiger partial charge in [-0.1, -0.05) is 13.8 Å². The van der Waals surface area contributed by atoms with Crippen molar-refractivity contribution >= 4 is 15.9 Å². The molecule has 1 aliphatic rings. The predicted octanol–water partition coefficient (Wildman–Crippen LogP) is 3.32. The highest BCUT2D eigenvalue weighted by molar-refractivity contribution is 9.10. The van der Waals surface area contributed by atoms with E-state index in [9.17, 15) is 0 Å². The van der Waals surface area contributed by atoms with E-state index in [4.69, 9.17) is 4.74 Å². The van der Waals surface area contributed by atoms with E-state index < -0.39 is 0 Å². The average molecular weight is 285 g/mol. The van der Waals surface area contributed by atoms with E-state index in [0.29, 0.717) is 17.7 Å². The highest BCUT2D eigenvalue weighted by Gasteiger charge is 2.28. The molecule has 1 saturated carbocycles. The lowest BCUT2D eigenvalue weighted by Gasteiger charge is -2.11. The molecular weight excluding hydrogens is 268 g/mol. The molecule has 0 amide bonds. The standard InChI is InChI=1S/C12H17BrN2O/c1-7(2)6-9-10(13)12(16-3)15-11(14-9)8-4-5-8/h7-8H,4-6H2,1-3H3. The second kappa shape index (κ2) is 4.70. The minimum atomic E-state index is 0.563. The molecule has 2 rings (SSSR count). The van der Waals surface area contributed by atoms with Crippen molar-refractivity contribution in [2.24, 2.45) is 5.92 Å². The summed E-state index contributed by atoms with van der Waals surface area (Å²) in [5, 5.41) is 0. The molecular formula is C12H17BrN2O. The minimum Gasteiger partial charge on any atom is -0.480 e. The Morgan fingerprint density at radius 3 is 2.56 bits per heavy atom. The van der Waals surface area contributed by atoms with Crippen molar-refractivity contribution in [2.45, 2.75) is 39.0 Å². The summed E-state index contributed by atoms with van der Waals surface area (Å²) in [6.45, 7) is 4.38. The van der Waals surface area contributed by atoms with Crippen LogP contribution in [0.2, 0.25) is 0 Å². The van der Waals surface area contributed by atoms with Crippen LogP contribution in [0.3, 0.4) is 0 Å². The van der Waals surface area contributed by atoms with E-state index in [2.05, 4.69) is 39.7 Å². The van der Waals surface area contributed by atoms with Gasteiger partial charge in [0.2, 0.25) is 5.88 Å². The molecule has 4 heteroatoms. The van der Waals surface area contributed by atoms with Gasteiger partial charge in [-0.25, -0.2) is 4.98 Å². The second-order valence-electron chi connectivity index (χ2n) is 4.72. The molecule has 1 aliphatic carbocycles. The Hall–Kier alpha value is -0.640. The van der Waals surface area contributed by atoms with E-state index >= 15 is 0 Å². The molecule has 0 aliphatic heterocycles. The average Bonchev–Trinajstić information content (AvgIpc) is 3.04. The highest BCUT2D eigenvalue weighted by atomic mass is 79.9. The van der Waals surface area contributed by atoms with E-state index in [0.717, 1.165) is 22.4 Å². The van der Waals surface area contributed by atoms with Gasteiger partial charge in [-0.3, -0.25) is 0 Å². The maximum absolute atomic E-state index is 5.29. The van der Waals surface area contributed by atoms with Gasteiger partial charge in [-0.2, -0.15) is 4.98 Å². The van der Waals surface area contributed by atoms with Crippen LogP contribution in [0.4, 0.5) is 0 Å². The molecule has 0 saturated heterocycles. The zero-order chi connectivity index (χ0) is 11.7. The summed E-state index contributed by atoms with van der Waals surface area (Å²) in [7, 11) is 1.66. The van der Waals surface area contributed by atoms with Gasteiger partial charge in [0.1, 0.15) is 10.3 Å². The van der Waals surface area contributed by atoms with Crippen molar-refractivity contribution in [2.75, 3.05) is 7.11 Å². The summed E-state index contributed by atoms with van der Waals surface area (Å²) in [6, 6.07) is 0. The molecule has 0 N–H and O–H groups in total. The molecule has 1 aromatic heterocycles. The Bertz CT molecular complexity index is 389. The lowest BCUT2D eigenvalue weighted by atomic mass is 10.1. The van der Waals surface area contributed by atoms with Crippen LogP contribution in [0.5, 0.6) is 5.88 Å². The summed E-state index contributed by atoms with van der Waals surface area (Å²) < 4.78 is 6.20. The molecule has 0 radical (unpaired) electrons. The molecule has 1 aromatic rings. The Kier molecular flexibility index (Phi) is 3.47. The van der Waals surface area contributed by atoms with E-state index in [1.165, 1.54) is 12.8 Å². The zero-order valence-corrected chi connectivity index (χ0v) is 11.5. The number of methoxy groups -OCH3 is 1. The predicted molar refractivity (Wildman–Crippen MR) is 66.8 cm³/mol. The monoisotopic (exact) mass is 284 g/mol. The van der Waals surface area contributed by atoms with Gasteiger partial charge >= 0.3 is 0 Å². The Morgan fingerprint density at radius 2 is 2.06 bits per heavy atom. The van der Waals surface area contributed by atoms with Gasteiger partial charge in [-0.15, -0.1) is 0 Å². The number of nitrogens with zero attached hydrogens (tertiary/aromatic N) is 2. The smallest absolute Gasteiger partial charge is 0.231 e. The zero-order valence-electron chi connectivity index (χ0n) is 9.96. The normalized spacial score (nSPS) is 15.6. The minimum absolute atomic E-state index is 0.563. The third kappa shape index (κ3) is 2.54. The van der Waals surface area contributed by atoms with Gasteiger partial charge in [-0.05, 0) is 41.1 Å². The maximum Gasteiger partial charge on any atom is 0.231 e. The van der Waals surface area contributed by atoms with Gasteiger partial charge in [0, 0.05) is 5.92 Å². The third-order valence-electron chi connectivity index (χ3n) is 2.64. The first-order chi connectivity index (χ1) is 7.61. The lowest BCUT2D eigenvalue weighted by Crippen LogP contribution is -2.05. The topological polar surface area (TPSA) is 35.0 Å². The molecule has 1 fully saturated rings. The molecule has 0 aromatic carbocycles. The Balaban J connectivity index is 2.36. The van der Waals surface area contributed by atoms with Crippen molar-refractivity contribution < 1.29 is 4.74 Å². The third-order valence-corrected chi connectivity index (χ3v) is 3.44. The molecule has 3 nitrogen and oxygen atoms in total. The molecule has 16 heavy (non-hydrogen) atoms. The van der Waals surface area contributed by atoms with Crippen molar-refractivity contribution in [3.63, 3.8) is 0 Å². The van der Waals surface area contributed by atoms with Gasteiger partial charge in [0.15, 0.2) is 0 Å². The van der Waals surface area contributed by atoms with Crippen LogP contribution in [-0.4, -0.2) is 17.1 Å². The van der Waals surface area contributed by atoms with Gasteiger partial charge in [0.05, 0.1) is 12.8 Å².